The van der Waals surface area contributed by atoms with Crippen LogP contribution in [0, 0.1) is 0 Å². The topological polar surface area (TPSA) is 77.2 Å². The number of ether oxygens (including phenoxy) is 1. The van der Waals surface area contributed by atoms with E-state index in [1.807, 2.05) is 30.3 Å². The monoisotopic (exact) mass is 285 g/mol. The molecule has 0 aliphatic rings. The summed E-state index contributed by atoms with van der Waals surface area (Å²) in [7, 11) is 1.55. The first-order valence-corrected chi connectivity index (χ1v) is 6.79. The van der Waals surface area contributed by atoms with Gasteiger partial charge in [0.1, 0.15) is 0 Å². The van der Waals surface area contributed by atoms with Crippen LogP contribution in [0.2, 0.25) is 0 Å². The zero-order valence-electron chi connectivity index (χ0n) is 12.0. The molecule has 0 bridgehead atoms. The van der Waals surface area contributed by atoms with E-state index < -0.39 is 0 Å². The number of anilines is 1. The molecule has 0 fully saturated rings. The van der Waals surface area contributed by atoms with Gasteiger partial charge in [0.25, 0.3) is 0 Å². The van der Waals surface area contributed by atoms with Crippen LogP contribution in [0.25, 0.3) is 0 Å². The first-order chi connectivity index (χ1) is 10.2. The molecule has 2 aromatic rings. The Labute approximate surface area is 124 Å². The third-order valence-corrected chi connectivity index (χ3v) is 3.14. The van der Waals surface area contributed by atoms with Crippen molar-refractivity contribution in [2.24, 2.45) is 5.73 Å². The maximum Gasteiger partial charge on any atom is 0.224 e. The molecule has 1 unspecified atom stereocenters. The average molecular weight is 285 g/mol. The summed E-state index contributed by atoms with van der Waals surface area (Å²) in [6, 6.07) is 13.1. The third kappa shape index (κ3) is 4.57. The second kappa shape index (κ2) is 7.40. The summed E-state index contributed by atoms with van der Waals surface area (Å²) in [4.78, 5) is 15.9. The number of methoxy groups -OCH3 is 1. The standard InChI is InChI=1S/C16H19N3O2/c1-21-16-10-7-13(11-18-16)19-15(20)9-8-14(17)12-5-3-2-4-6-12/h2-7,10-11,14H,8-9,17H2,1H3,(H,19,20). The molecule has 0 aliphatic carbocycles. The van der Waals surface area contributed by atoms with E-state index in [2.05, 4.69) is 10.3 Å². The molecule has 1 heterocycles. The highest BCUT2D eigenvalue weighted by atomic mass is 16.5. The quantitative estimate of drug-likeness (QED) is 0.855. The molecule has 0 radical (unpaired) electrons. The largest absolute Gasteiger partial charge is 0.481 e. The van der Waals surface area contributed by atoms with E-state index in [0.29, 0.717) is 24.4 Å². The van der Waals surface area contributed by atoms with Gasteiger partial charge in [-0.1, -0.05) is 30.3 Å². The number of hydrogen-bond donors (Lipinski definition) is 2. The fourth-order valence-corrected chi connectivity index (χ4v) is 1.95. The van der Waals surface area contributed by atoms with Crippen LogP contribution in [0.3, 0.4) is 0 Å². The Hall–Kier alpha value is -2.40. The number of amides is 1. The van der Waals surface area contributed by atoms with Gasteiger partial charge in [-0.25, -0.2) is 4.98 Å². The fraction of sp³-hybridized carbons (Fsp3) is 0.250. The van der Waals surface area contributed by atoms with Gasteiger partial charge in [-0.15, -0.1) is 0 Å². The smallest absolute Gasteiger partial charge is 0.224 e. The lowest BCUT2D eigenvalue weighted by molar-refractivity contribution is -0.116. The molecule has 1 atom stereocenters. The Morgan fingerprint density at radius 1 is 1.29 bits per heavy atom. The number of benzene rings is 1. The minimum absolute atomic E-state index is 0.0756. The van der Waals surface area contributed by atoms with E-state index in [1.165, 1.54) is 0 Å². The lowest BCUT2D eigenvalue weighted by Crippen LogP contribution is -2.16. The Morgan fingerprint density at radius 3 is 2.67 bits per heavy atom. The van der Waals surface area contributed by atoms with E-state index in [9.17, 15) is 4.79 Å². The number of nitrogens with zero attached hydrogens (tertiary/aromatic N) is 1. The maximum absolute atomic E-state index is 11.9. The van der Waals surface area contributed by atoms with Crippen LogP contribution >= 0.6 is 0 Å². The molecule has 0 saturated carbocycles. The SMILES string of the molecule is COc1ccc(NC(=O)CCC(N)c2ccccc2)cn1. The van der Waals surface area contributed by atoms with Gasteiger partial charge < -0.3 is 15.8 Å². The van der Waals surface area contributed by atoms with Crippen LogP contribution in [0.4, 0.5) is 5.69 Å². The van der Waals surface area contributed by atoms with Crippen molar-refractivity contribution in [2.75, 3.05) is 12.4 Å². The molecule has 110 valence electrons. The van der Waals surface area contributed by atoms with Crippen molar-refractivity contribution >= 4 is 11.6 Å². The molecule has 3 N–H and O–H groups in total. The van der Waals surface area contributed by atoms with Crippen molar-refractivity contribution in [2.45, 2.75) is 18.9 Å². The predicted octanol–water partition coefficient (Wildman–Crippen LogP) is 2.51. The molecule has 1 aromatic heterocycles. The van der Waals surface area contributed by atoms with Crippen LogP contribution in [-0.2, 0) is 4.79 Å². The van der Waals surface area contributed by atoms with Gasteiger partial charge in [0.15, 0.2) is 0 Å². The summed E-state index contributed by atoms with van der Waals surface area (Å²) in [6.07, 6.45) is 2.52. The average Bonchev–Trinajstić information content (AvgIpc) is 2.54. The maximum atomic E-state index is 11.9. The number of carbonyl (C=O) groups excluding carboxylic acids is 1. The van der Waals surface area contributed by atoms with Crippen molar-refractivity contribution in [1.82, 2.24) is 4.98 Å². The summed E-state index contributed by atoms with van der Waals surface area (Å²) in [5.74, 6) is 0.437. The van der Waals surface area contributed by atoms with Crippen molar-refractivity contribution in [3.8, 4) is 5.88 Å². The molecule has 5 heteroatoms. The first-order valence-electron chi connectivity index (χ1n) is 6.79. The number of carbonyl (C=O) groups is 1. The Balaban J connectivity index is 1.81. The summed E-state index contributed by atoms with van der Waals surface area (Å²) < 4.78 is 4.96. The van der Waals surface area contributed by atoms with Crippen LogP contribution in [0.5, 0.6) is 5.88 Å². The highest BCUT2D eigenvalue weighted by Crippen LogP contribution is 2.16. The number of nitrogens with two attached hydrogens (primary N) is 1. The number of rotatable bonds is 6. The molecule has 5 nitrogen and oxygen atoms in total. The van der Waals surface area contributed by atoms with Crippen molar-refractivity contribution in [3.05, 3.63) is 54.2 Å². The molecule has 1 amide bonds. The first kappa shape index (κ1) is 15.0. The molecule has 0 saturated heterocycles. The Morgan fingerprint density at radius 2 is 2.05 bits per heavy atom. The van der Waals surface area contributed by atoms with E-state index in [4.69, 9.17) is 10.5 Å². The summed E-state index contributed by atoms with van der Waals surface area (Å²) in [6.45, 7) is 0. The minimum atomic E-state index is -0.133. The van der Waals surface area contributed by atoms with Gasteiger partial charge in [-0.2, -0.15) is 0 Å². The molecule has 21 heavy (non-hydrogen) atoms. The van der Waals surface area contributed by atoms with Crippen LogP contribution < -0.4 is 15.8 Å². The third-order valence-electron chi connectivity index (χ3n) is 3.14. The number of nitrogens with one attached hydrogen (secondary N) is 1. The molecule has 1 aromatic carbocycles. The van der Waals surface area contributed by atoms with Crippen molar-refractivity contribution in [1.29, 1.82) is 0 Å². The van der Waals surface area contributed by atoms with Gasteiger partial charge in [-0.3, -0.25) is 4.79 Å². The van der Waals surface area contributed by atoms with E-state index in [-0.39, 0.29) is 11.9 Å². The van der Waals surface area contributed by atoms with Crippen LogP contribution in [-0.4, -0.2) is 18.0 Å². The Bertz CT molecular complexity index is 570. The van der Waals surface area contributed by atoms with E-state index in [1.54, 1.807) is 25.4 Å². The zero-order chi connectivity index (χ0) is 15.1. The van der Waals surface area contributed by atoms with Crippen LogP contribution in [0.15, 0.2) is 48.7 Å². The van der Waals surface area contributed by atoms with E-state index >= 15 is 0 Å². The van der Waals surface area contributed by atoms with Gasteiger partial charge in [-0.05, 0) is 18.1 Å². The van der Waals surface area contributed by atoms with E-state index in [0.717, 1.165) is 5.56 Å². The van der Waals surface area contributed by atoms with Crippen molar-refractivity contribution in [3.63, 3.8) is 0 Å². The second-order valence-corrected chi connectivity index (χ2v) is 4.69. The molecular formula is C16H19N3O2. The molecule has 2 rings (SSSR count). The second-order valence-electron chi connectivity index (χ2n) is 4.69. The minimum Gasteiger partial charge on any atom is -0.481 e. The lowest BCUT2D eigenvalue weighted by atomic mass is 10.0. The molecule has 0 spiro atoms. The zero-order valence-corrected chi connectivity index (χ0v) is 12.0. The highest BCUT2D eigenvalue weighted by Gasteiger charge is 2.09. The van der Waals surface area contributed by atoms with Crippen molar-refractivity contribution < 1.29 is 9.53 Å². The van der Waals surface area contributed by atoms with Gasteiger partial charge >= 0.3 is 0 Å². The summed E-state index contributed by atoms with van der Waals surface area (Å²) >= 11 is 0. The number of aromatic nitrogens is 1. The van der Waals surface area contributed by atoms with Gasteiger partial charge in [0.05, 0.1) is 19.0 Å². The fourth-order valence-electron chi connectivity index (χ4n) is 1.95. The normalized spacial score (nSPS) is 11.7. The predicted molar refractivity (Wildman–Crippen MR) is 82.0 cm³/mol. The van der Waals surface area contributed by atoms with Gasteiger partial charge in [0.2, 0.25) is 11.8 Å². The Kier molecular flexibility index (Phi) is 5.29. The summed E-state index contributed by atoms with van der Waals surface area (Å²) in [5, 5.41) is 2.79. The summed E-state index contributed by atoms with van der Waals surface area (Å²) in [5.41, 5.74) is 7.75. The molecular weight excluding hydrogens is 266 g/mol. The lowest BCUT2D eigenvalue weighted by Gasteiger charge is -2.11. The van der Waals surface area contributed by atoms with Crippen LogP contribution in [0.1, 0.15) is 24.4 Å². The highest BCUT2D eigenvalue weighted by molar-refractivity contribution is 5.90. The molecule has 0 aliphatic heterocycles. The van der Waals surface area contributed by atoms with Gasteiger partial charge in [0, 0.05) is 18.5 Å². The number of hydrogen-bond acceptors (Lipinski definition) is 4. The number of pyridine rings is 1.